The average Bonchev–Trinajstić information content (AvgIpc) is 3.34. The normalized spacial score (nSPS) is 30.8. The number of aliphatic carboxylic acids is 1. The third kappa shape index (κ3) is 2.70. The van der Waals surface area contributed by atoms with Crippen LogP contribution in [0.3, 0.4) is 0 Å². The minimum Gasteiger partial charge on any atom is -0.511 e. The van der Waals surface area contributed by atoms with Gasteiger partial charge in [0.05, 0.1) is 35.5 Å². The van der Waals surface area contributed by atoms with E-state index in [9.17, 15) is 28.6 Å². The monoisotopic (exact) mass is 440 g/mol. The first-order valence-corrected chi connectivity index (χ1v) is 10.5. The van der Waals surface area contributed by atoms with Gasteiger partial charge < -0.3 is 14.9 Å². The van der Waals surface area contributed by atoms with Crippen LogP contribution in [0.5, 0.6) is 0 Å². The van der Waals surface area contributed by atoms with Gasteiger partial charge >= 0.3 is 5.97 Å². The first kappa shape index (κ1) is 20.8. The van der Waals surface area contributed by atoms with E-state index in [4.69, 9.17) is 4.74 Å². The summed E-state index contributed by atoms with van der Waals surface area (Å²) in [5.41, 5.74) is 3.86. The molecular weight excluding hydrogens is 418 g/mol. The molecule has 2 bridgehead atoms. The lowest BCUT2D eigenvalue weighted by Gasteiger charge is -2.32. The number of hydrogen-bond donors (Lipinski definition) is 2. The number of allylic oxidation sites excluding steroid dienone is 1. The number of carbonyl (C=O) groups is 2. The highest BCUT2D eigenvalue weighted by Crippen LogP contribution is 2.60. The van der Waals surface area contributed by atoms with E-state index in [-0.39, 0.29) is 22.7 Å². The van der Waals surface area contributed by atoms with Gasteiger partial charge in [0.1, 0.15) is 5.76 Å². The molecule has 5 rings (SSSR count). The minimum atomic E-state index is -1.17. The smallest absolute Gasteiger partial charge is 0.309 e. The van der Waals surface area contributed by atoms with Gasteiger partial charge in [-0.2, -0.15) is 0 Å². The third-order valence-corrected chi connectivity index (χ3v) is 7.17. The maximum Gasteiger partial charge on any atom is 0.309 e. The summed E-state index contributed by atoms with van der Waals surface area (Å²) in [6.45, 7) is 5.68. The third-order valence-electron chi connectivity index (χ3n) is 7.17. The van der Waals surface area contributed by atoms with Crippen molar-refractivity contribution in [2.75, 3.05) is 0 Å². The van der Waals surface area contributed by atoms with Crippen molar-refractivity contribution >= 4 is 17.3 Å². The van der Waals surface area contributed by atoms with Crippen molar-refractivity contribution in [1.82, 2.24) is 0 Å². The van der Waals surface area contributed by atoms with Crippen LogP contribution in [-0.4, -0.2) is 34.2 Å². The predicted molar refractivity (Wildman–Crippen MR) is 111 cm³/mol. The van der Waals surface area contributed by atoms with Crippen LogP contribution in [0.25, 0.3) is 5.57 Å². The van der Waals surface area contributed by atoms with Crippen LogP contribution in [0.2, 0.25) is 0 Å². The van der Waals surface area contributed by atoms with E-state index in [0.717, 1.165) is 28.8 Å². The average molecular weight is 440 g/mol. The highest BCUT2D eigenvalue weighted by Gasteiger charge is 2.68. The largest absolute Gasteiger partial charge is 0.511 e. The summed E-state index contributed by atoms with van der Waals surface area (Å²) in [6, 6.07) is 7.12. The Morgan fingerprint density at radius 3 is 2.19 bits per heavy atom. The highest BCUT2D eigenvalue weighted by atomic mass is 19.2. The minimum absolute atomic E-state index is 0.112. The van der Waals surface area contributed by atoms with E-state index in [1.54, 1.807) is 0 Å². The quantitative estimate of drug-likeness (QED) is 0.746. The number of ether oxygens (including phenoxy) is 1. The lowest BCUT2D eigenvalue weighted by molar-refractivity contribution is -0.145. The van der Waals surface area contributed by atoms with E-state index in [1.165, 1.54) is 6.07 Å². The number of hydrogen-bond acceptors (Lipinski definition) is 4. The number of rotatable bonds is 3. The molecular formula is C25H22F2O5. The summed E-state index contributed by atoms with van der Waals surface area (Å²) in [7, 11) is 0. The van der Waals surface area contributed by atoms with E-state index < -0.39 is 53.5 Å². The molecule has 7 heteroatoms. The van der Waals surface area contributed by atoms with Crippen molar-refractivity contribution < 1.29 is 33.3 Å². The maximum atomic E-state index is 13.9. The summed E-state index contributed by atoms with van der Waals surface area (Å²) >= 11 is 0. The van der Waals surface area contributed by atoms with Crippen LogP contribution in [0.1, 0.15) is 33.7 Å². The van der Waals surface area contributed by atoms with E-state index in [0.29, 0.717) is 5.56 Å². The lowest BCUT2D eigenvalue weighted by Crippen LogP contribution is -2.43. The second-order valence-electron chi connectivity index (χ2n) is 9.08. The number of fused-ring (bicyclic) bond motifs is 5. The van der Waals surface area contributed by atoms with Gasteiger partial charge in [-0.25, -0.2) is 8.78 Å². The molecule has 5 nitrogen and oxygen atoms in total. The van der Waals surface area contributed by atoms with Crippen LogP contribution in [0.4, 0.5) is 8.78 Å². The van der Waals surface area contributed by atoms with Crippen LogP contribution in [0, 0.1) is 50.2 Å². The van der Waals surface area contributed by atoms with Gasteiger partial charge in [0.25, 0.3) is 0 Å². The number of Topliss-reactive ketones (excluding diaryl/α,β-unsaturated/α-hetero) is 1. The predicted octanol–water partition coefficient (Wildman–Crippen LogP) is 4.24. The fraction of sp³-hybridized carbons (Fsp3) is 0.360. The Kier molecular flexibility index (Phi) is 4.53. The number of aliphatic hydroxyl groups is 1. The Morgan fingerprint density at radius 2 is 1.59 bits per heavy atom. The van der Waals surface area contributed by atoms with E-state index >= 15 is 0 Å². The molecule has 2 aromatic rings. The number of benzene rings is 2. The molecule has 0 aromatic heterocycles. The Bertz CT molecular complexity index is 1190. The number of ketones is 1. The molecule has 2 saturated heterocycles. The van der Waals surface area contributed by atoms with Gasteiger partial charge in [-0.1, -0.05) is 23.8 Å². The van der Waals surface area contributed by atoms with Gasteiger partial charge in [0.15, 0.2) is 17.4 Å². The zero-order valence-electron chi connectivity index (χ0n) is 17.7. The summed E-state index contributed by atoms with van der Waals surface area (Å²) in [6.07, 6.45) is -1.79. The molecule has 166 valence electrons. The molecule has 0 spiro atoms. The van der Waals surface area contributed by atoms with E-state index in [1.807, 2.05) is 32.9 Å². The van der Waals surface area contributed by atoms with Crippen molar-refractivity contribution in [2.24, 2.45) is 17.8 Å². The second kappa shape index (κ2) is 6.97. The lowest BCUT2D eigenvalue weighted by atomic mass is 9.66. The number of aliphatic hydroxyl groups excluding tert-OH is 1. The molecule has 2 aromatic carbocycles. The molecule has 2 fully saturated rings. The molecule has 1 aliphatic carbocycles. The Morgan fingerprint density at radius 1 is 0.938 bits per heavy atom. The molecule has 3 aliphatic rings. The number of carbonyl (C=O) groups excluding carboxylic acids is 1. The van der Waals surface area contributed by atoms with Gasteiger partial charge in [0, 0.05) is 5.92 Å². The summed E-state index contributed by atoms with van der Waals surface area (Å²) in [4.78, 5) is 25.7. The number of carboxylic acid groups (broad SMARTS) is 1. The Balaban J connectivity index is 1.64. The van der Waals surface area contributed by atoms with Crippen LogP contribution in [-0.2, 0) is 14.3 Å². The van der Waals surface area contributed by atoms with Crippen LogP contribution < -0.4 is 0 Å². The Labute approximate surface area is 183 Å². The van der Waals surface area contributed by atoms with Crippen molar-refractivity contribution in [3.8, 4) is 0 Å². The van der Waals surface area contributed by atoms with Gasteiger partial charge in [-0.3, -0.25) is 9.59 Å². The molecule has 32 heavy (non-hydrogen) atoms. The molecule has 2 N–H and O–H groups in total. The molecule has 0 unspecified atom stereocenters. The molecule has 0 saturated carbocycles. The van der Waals surface area contributed by atoms with Gasteiger partial charge in [-0.05, 0) is 55.2 Å². The summed E-state index contributed by atoms with van der Waals surface area (Å²) in [5, 5.41) is 21.1. The fourth-order valence-corrected chi connectivity index (χ4v) is 6.12. The zero-order chi connectivity index (χ0) is 23.1. The first-order valence-electron chi connectivity index (χ1n) is 10.5. The van der Waals surface area contributed by atoms with Gasteiger partial charge in [-0.15, -0.1) is 0 Å². The van der Waals surface area contributed by atoms with Crippen molar-refractivity contribution in [3.05, 3.63) is 75.5 Å². The van der Waals surface area contributed by atoms with Crippen molar-refractivity contribution in [1.29, 1.82) is 0 Å². The molecule has 6 atom stereocenters. The van der Waals surface area contributed by atoms with Crippen molar-refractivity contribution in [2.45, 2.75) is 38.9 Å². The van der Waals surface area contributed by atoms with Gasteiger partial charge in [0.2, 0.25) is 0 Å². The van der Waals surface area contributed by atoms with Crippen LogP contribution in [0.15, 0.2) is 36.1 Å². The van der Waals surface area contributed by atoms with Crippen LogP contribution >= 0.6 is 0 Å². The SMILES string of the molecule is Cc1cc(C)c(C2=C(O)[C@@H]3[C@@H]4O[C@@H]([C@@H](C(=O)O)[C@H]4c4ccc(F)c(F)c4)[C@@H]3C2=O)c(C)c1. The second-order valence-corrected chi connectivity index (χ2v) is 9.08. The zero-order valence-corrected chi connectivity index (χ0v) is 17.7. The summed E-state index contributed by atoms with van der Waals surface area (Å²) in [5.74, 6) is -7.20. The summed E-state index contributed by atoms with van der Waals surface area (Å²) < 4.78 is 33.4. The molecule has 0 amide bonds. The molecule has 0 radical (unpaired) electrons. The number of halogens is 2. The Hall–Kier alpha value is -3.06. The maximum absolute atomic E-state index is 13.9. The molecule has 2 aliphatic heterocycles. The standard InChI is InChI=1S/C25H22F2O5/c1-9-6-10(2)15(11(3)7-9)17-21(28)18-19(22(17)29)24-20(25(30)31)16(23(18)32-24)12-4-5-13(26)14(27)8-12/h4-8,16,18-20,23-24,28H,1-3H3,(H,30,31)/t16-,18-,19+,20+,23-,24-/m1/s1. The number of carboxylic acids is 1. The number of aryl methyl sites for hydroxylation is 3. The topological polar surface area (TPSA) is 83.8 Å². The first-order chi connectivity index (χ1) is 15.1. The van der Waals surface area contributed by atoms with E-state index in [2.05, 4.69) is 0 Å². The molecule has 2 heterocycles. The fourth-order valence-electron chi connectivity index (χ4n) is 6.12. The van der Waals surface area contributed by atoms with Crippen molar-refractivity contribution in [3.63, 3.8) is 0 Å². The highest BCUT2D eigenvalue weighted by molar-refractivity contribution is 6.26.